The van der Waals surface area contributed by atoms with Crippen molar-refractivity contribution < 1.29 is 17.9 Å². The fraction of sp³-hybridized carbons (Fsp3) is 0.933. The molecule has 1 heterocycles. The molecule has 1 atom stereocenters. The third-order valence-electron chi connectivity index (χ3n) is 3.63. The van der Waals surface area contributed by atoms with E-state index in [1.165, 1.54) is 6.26 Å². The third-order valence-corrected chi connectivity index (χ3v) is 4.36. The van der Waals surface area contributed by atoms with Gasteiger partial charge in [-0.2, -0.15) is 0 Å². The highest BCUT2D eigenvalue weighted by molar-refractivity contribution is 7.88. The van der Waals surface area contributed by atoms with Gasteiger partial charge in [0.1, 0.15) is 5.60 Å². The van der Waals surface area contributed by atoms with Gasteiger partial charge in [0, 0.05) is 33.2 Å². The van der Waals surface area contributed by atoms with Crippen LogP contribution < -0.4 is 4.72 Å². The Balaban J connectivity index is 2.38. The smallest absolute Gasteiger partial charge is 0.410 e. The highest BCUT2D eigenvalue weighted by Crippen LogP contribution is 2.18. The predicted molar refractivity (Wildman–Crippen MR) is 90.9 cm³/mol. The molecule has 0 aromatic carbocycles. The number of carbonyl (C=O) groups is 1. The first-order valence-corrected chi connectivity index (χ1v) is 9.96. The van der Waals surface area contributed by atoms with Crippen LogP contribution in [-0.4, -0.2) is 75.9 Å². The van der Waals surface area contributed by atoms with Gasteiger partial charge in [-0.3, -0.25) is 0 Å². The molecule has 1 amide bonds. The number of hydrogen-bond donors (Lipinski definition) is 1. The molecule has 1 aliphatic heterocycles. The number of sulfonamides is 1. The number of piperidine rings is 1. The van der Waals surface area contributed by atoms with E-state index in [1.54, 1.807) is 11.9 Å². The quantitative estimate of drug-likeness (QED) is 0.777. The fourth-order valence-corrected chi connectivity index (χ4v) is 3.16. The summed E-state index contributed by atoms with van der Waals surface area (Å²) in [6.45, 7) is 9.19. The molecule has 23 heavy (non-hydrogen) atoms. The number of nitrogens with zero attached hydrogens (tertiary/aromatic N) is 2. The summed E-state index contributed by atoms with van der Waals surface area (Å²) in [6.07, 6.45) is 3.00. The van der Waals surface area contributed by atoms with Gasteiger partial charge >= 0.3 is 6.09 Å². The predicted octanol–water partition coefficient (Wildman–Crippen LogP) is 1.11. The van der Waals surface area contributed by atoms with Crippen LogP contribution in [0.5, 0.6) is 0 Å². The van der Waals surface area contributed by atoms with Crippen LogP contribution in [0.25, 0.3) is 0 Å². The Morgan fingerprint density at radius 1 is 1.39 bits per heavy atom. The molecule has 0 aromatic rings. The first-order valence-electron chi connectivity index (χ1n) is 8.07. The van der Waals surface area contributed by atoms with E-state index in [2.05, 4.69) is 9.62 Å². The molecule has 0 spiro atoms. The molecule has 136 valence electrons. The summed E-state index contributed by atoms with van der Waals surface area (Å²) in [4.78, 5) is 15.9. The second kappa shape index (κ2) is 8.30. The molecule has 0 unspecified atom stereocenters. The van der Waals surface area contributed by atoms with Crippen molar-refractivity contribution in [2.45, 2.75) is 39.2 Å². The summed E-state index contributed by atoms with van der Waals surface area (Å²) < 4.78 is 30.0. The molecule has 0 saturated carbocycles. The standard InChI is InChI=1S/C15H31N3O4S/c1-15(2,3)22-14(19)17(4)11-13-7-6-9-18(12-13)10-8-16-23(5,20)21/h13,16H,6-12H2,1-5H3/t13-/m0/s1. The van der Waals surface area contributed by atoms with Gasteiger partial charge in [-0.05, 0) is 46.1 Å². The number of hydrogen-bond acceptors (Lipinski definition) is 5. The first kappa shape index (κ1) is 20.2. The molecule has 1 N–H and O–H groups in total. The minimum absolute atomic E-state index is 0.298. The van der Waals surface area contributed by atoms with Crippen molar-refractivity contribution in [1.29, 1.82) is 0 Å². The maximum Gasteiger partial charge on any atom is 0.410 e. The Bertz CT molecular complexity index is 487. The van der Waals surface area contributed by atoms with E-state index in [0.717, 1.165) is 25.9 Å². The molecule has 1 rings (SSSR count). The van der Waals surface area contributed by atoms with Crippen LogP contribution in [0.2, 0.25) is 0 Å². The Labute approximate surface area is 140 Å². The number of amides is 1. The van der Waals surface area contributed by atoms with Crippen molar-refractivity contribution in [2.24, 2.45) is 5.92 Å². The SMILES string of the molecule is CN(C[C@@H]1CCCN(CCNS(C)(=O)=O)C1)C(=O)OC(C)(C)C. The van der Waals surface area contributed by atoms with Crippen molar-refractivity contribution in [3.8, 4) is 0 Å². The molecule has 0 aliphatic carbocycles. The zero-order valence-electron chi connectivity index (χ0n) is 15.0. The maximum absolute atomic E-state index is 12.0. The van der Waals surface area contributed by atoms with Crippen molar-refractivity contribution >= 4 is 16.1 Å². The van der Waals surface area contributed by atoms with Gasteiger partial charge in [0.15, 0.2) is 0 Å². The van der Waals surface area contributed by atoms with Crippen LogP contribution >= 0.6 is 0 Å². The molecule has 0 radical (unpaired) electrons. The maximum atomic E-state index is 12.0. The summed E-state index contributed by atoms with van der Waals surface area (Å²) in [6, 6.07) is 0. The average molecular weight is 349 g/mol. The van der Waals surface area contributed by atoms with E-state index < -0.39 is 15.6 Å². The average Bonchev–Trinajstić information content (AvgIpc) is 2.35. The molecule has 1 saturated heterocycles. The minimum atomic E-state index is -3.13. The van der Waals surface area contributed by atoms with Crippen LogP contribution in [-0.2, 0) is 14.8 Å². The molecule has 8 heteroatoms. The molecular formula is C15H31N3O4S. The molecule has 7 nitrogen and oxygen atoms in total. The van der Waals surface area contributed by atoms with Crippen LogP contribution in [0.1, 0.15) is 33.6 Å². The number of likely N-dealkylation sites (tertiary alicyclic amines) is 1. The number of rotatable bonds is 6. The van der Waals surface area contributed by atoms with Crippen molar-refractivity contribution in [3.05, 3.63) is 0 Å². The molecule has 1 aliphatic rings. The zero-order valence-corrected chi connectivity index (χ0v) is 15.8. The fourth-order valence-electron chi connectivity index (χ4n) is 2.69. The van der Waals surface area contributed by atoms with Gasteiger partial charge in [0.25, 0.3) is 0 Å². The summed E-state index contributed by atoms with van der Waals surface area (Å²) >= 11 is 0. The topological polar surface area (TPSA) is 79.0 Å². The van der Waals surface area contributed by atoms with Crippen LogP contribution in [0.4, 0.5) is 4.79 Å². The van der Waals surface area contributed by atoms with E-state index in [1.807, 2.05) is 20.8 Å². The summed E-state index contributed by atoms with van der Waals surface area (Å²) in [7, 11) is -1.37. The van der Waals surface area contributed by atoms with Crippen molar-refractivity contribution in [3.63, 3.8) is 0 Å². The van der Waals surface area contributed by atoms with Crippen LogP contribution in [0.15, 0.2) is 0 Å². The number of nitrogens with one attached hydrogen (secondary N) is 1. The minimum Gasteiger partial charge on any atom is -0.444 e. The lowest BCUT2D eigenvalue weighted by Crippen LogP contribution is -2.44. The Morgan fingerprint density at radius 2 is 2.04 bits per heavy atom. The van der Waals surface area contributed by atoms with E-state index in [0.29, 0.717) is 25.6 Å². The van der Waals surface area contributed by atoms with Gasteiger partial charge < -0.3 is 14.5 Å². The largest absolute Gasteiger partial charge is 0.444 e. The Kier molecular flexibility index (Phi) is 7.29. The van der Waals surface area contributed by atoms with Gasteiger partial charge in [0.2, 0.25) is 10.0 Å². The summed E-state index contributed by atoms with van der Waals surface area (Å²) in [5, 5.41) is 0. The normalized spacial score (nSPS) is 20.3. The number of carbonyl (C=O) groups excluding carboxylic acids is 1. The molecule has 0 aromatic heterocycles. The van der Waals surface area contributed by atoms with E-state index >= 15 is 0 Å². The molecule has 1 fully saturated rings. The van der Waals surface area contributed by atoms with E-state index in [4.69, 9.17) is 4.74 Å². The van der Waals surface area contributed by atoms with E-state index in [9.17, 15) is 13.2 Å². The van der Waals surface area contributed by atoms with Gasteiger partial charge in [-0.1, -0.05) is 0 Å². The second-order valence-corrected chi connectivity index (χ2v) is 9.17. The van der Waals surface area contributed by atoms with Crippen LogP contribution in [0.3, 0.4) is 0 Å². The highest BCUT2D eigenvalue weighted by Gasteiger charge is 2.25. The Morgan fingerprint density at radius 3 is 2.61 bits per heavy atom. The molecule has 0 bridgehead atoms. The third kappa shape index (κ3) is 9.12. The van der Waals surface area contributed by atoms with Crippen LogP contribution in [0, 0.1) is 5.92 Å². The summed E-state index contributed by atoms with van der Waals surface area (Å²) in [5.41, 5.74) is -0.485. The summed E-state index contributed by atoms with van der Waals surface area (Å²) in [5.74, 6) is 0.388. The van der Waals surface area contributed by atoms with Gasteiger partial charge in [-0.25, -0.2) is 17.9 Å². The lowest BCUT2D eigenvalue weighted by atomic mass is 9.97. The second-order valence-electron chi connectivity index (χ2n) is 7.34. The number of ether oxygens (including phenoxy) is 1. The monoisotopic (exact) mass is 349 g/mol. The highest BCUT2D eigenvalue weighted by atomic mass is 32.2. The molecular weight excluding hydrogens is 318 g/mol. The van der Waals surface area contributed by atoms with Crippen molar-refractivity contribution in [2.75, 3.05) is 46.0 Å². The van der Waals surface area contributed by atoms with E-state index in [-0.39, 0.29) is 6.09 Å². The first-order chi connectivity index (χ1) is 10.5. The van der Waals surface area contributed by atoms with Gasteiger partial charge in [0.05, 0.1) is 6.26 Å². The zero-order chi connectivity index (χ0) is 17.7. The van der Waals surface area contributed by atoms with Gasteiger partial charge in [-0.15, -0.1) is 0 Å². The lowest BCUT2D eigenvalue weighted by molar-refractivity contribution is 0.0244. The lowest BCUT2D eigenvalue weighted by Gasteiger charge is -2.35. The Hall–Kier alpha value is -0.860. The van der Waals surface area contributed by atoms with Crippen molar-refractivity contribution in [1.82, 2.24) is 14.5 Å².